The van der Waals surface area contributed by atoms with E-state index in [0.29, 0.717) is 11.4 Å². The molecule has 10 heteroatoms. The topological polar surface area (TPSA) is 78.3 Å². The summed E-state index contributed by atoms with van der Waals surface area (Å²) in [7, 11) is 1.71. The zero-order valence-electron chi connectivity index (χ0n) is 21.2. The Labute approximate surface area is 219 Å². The van der Waals surface area contributed by atoms with Gasteiger partial charge in [-0.1, -0.05) is 43.0 Å². The number of carbonyl (C=O) groups excluding carboxylic acids is 1. The van der Waals surface area contributed by atoms with Crippen LogP contribution in [-0.4, -0.2) is 38.7 Å². The van der Waals surface area contributed by atoms with Crippen molar-refractivity contribution in [2.24, 2.45) is 9.98 Å². The first-order chi connectivity index (χ1) is 18.0. The van der Waals surface area contributed by atoms with E-state index in [1.165, 1.54) is 30.6 Å². The number of rotatable bonds is 9. The molecule has 0 spiro atoms. The normalized spacial score (nSPS) is 11.5. The number of carbonyl (C=O) groups is 1. The fourth-order valence-corrected chi connectivity index (χ4v) is 3.42. The number of nitrogens with zero attached hydrogens (tertiary/aromatic N) is 3. The van der Waals surface area contributed by atoms with Crippen molar-refractivity contribution in [3.05, 3.63) is 95.6 Å². The van der Waals surface area contributed by atoms with Crippen LogP contribution in [0.25, 0.3) is 5.70 Å². The molecule has 198 valence electrons. The van der Waals surface area contributed by atoms with Crippen molar-refractivity contribution >= 4 is 35.7 Å². The Balaban J connectivity index is 1.53. The van der Waals surface area contributed by atoms with Gasteiger partial charge in [-0.25, -0.2) is 9.79 Å². The fourth-order valence-electron chi connectivity index (χ4n) is 3.42. The van der Waals surface area contributed by atoms with Crippen LogP contribution in [-0.2, 0) is 0 Å². The maximum atomic E-state index is 12.3. The Bertz CT molecular complexity index is 1310. The van der Waals surface area contributed by atoms with Crippen molar-refractivity contribution in [3.63, 3.8) is 0 Å². The van der Waals surface area contributed by atoms with Crippen LogP contribution >= 0.6 is 0 Å². The van der Waals surface area contributed by atoms with E-state index in [9.17, 15) is 18.0 Å². The highest BCUT2D eigenvalue weighted by molar-refractivity contribution is 5.91. The third kappa shape index (κ3) is 8.51. The Morgan fingerprint density at radius 2 is 1.71 bits per heavy atom. The van der Waals surface area contributed by atoms with Crippen LogP contribution in [0, 0.1) is 13.8 Å². The Kier molecular flexibility index (Phi) is 9.26. The van der Waals surface area contributed by atoms with Gasteiger partial charge in [0.1, 0.15) is 12.4 Å². The van der Waals surface area contributed by atoms with Crippen LogP contribution < -0.4 is 20.3 Å². The maximum absolute atomic E-state index is 12.3. The zero-order chi connectivity index (χ0) is 27.7. The van der Waals surface area contributed by atoms with E-state index in [1.54, 1.807) is 18.2 Å². The lowest BCUT2D eigenvalue weighted by Gasteiger charge is -2.15. The number of nitrogens with one attached hydrogen (secondary N) is 2. The minimum absolute atomic E-state index is 0.0949. The highest BCUT2D eigenvalue weighted by Gasteiger charge is 2.31. The number of halogens is 3. The largest absolute Gasteiger partial charge is 0.573 e. The van der Waals surface area contributed by atoms with Gasteiger partial charge in [-0.3, -0.25) is 4.99 Å². The van der Waals surface area contributed by atoms with Crippen molar-refractivity contribution in [2.45, 2.75) is 20.2 Å². The van der Waals surface area contributed by atoms with Crippen LogP contribution in [0.3, 0.4) is 0 Å². The van der Waals surface area contributed by atoms with Crippen molar-refractivity contribution < 1.29 is 22.7 Å². The molecular weight excluding hydrogens is 495 g/mol. The quantitative estimate of drug-likeness (QED) is 0.247. The Morgan fingerprint density at radius 3 is 2.37 bits per heavy atom. The van der Waals surface area contributed by atoms with Crippen LogP contribution in [0.5, 0.6) is 5.75 Å². The fraction of sp³-hybridized carbons (Fsp3) is 0.179. The zero-order valence-corrected chi connectivity index (χ0v) is 21.2. The van der Waals surface area contributed by atoms with E-state index in [4.69, 9.17) is 0 Å². The van der Waals surface area contributed by atoms with Gasteiger partial charge in [-0.2, -0.15) is 0 Å². The monoisotopic (exact) mass is 523 g/mol. The molecule has 0 radical (unpaired) electrons. The average molecular weight is 524 g/mol. The summed E-state index contributed by atoms with van der Waals surface area (Å²) >= 11 is 0. The van der Waals surface area contributed by atoms with Crippen molar-refractivity contribution in [1.29, 1.82) is 0 Å². The Hall–Kier alpha value is -4.60. The number of para-hydroxylation sites is 1. The lowest BCUT2D eigenvalue weighted by molar-refractivity contribution is -0.274. The number of alkyl halides is 3. The molecule has 0 atom stereocenters. The summed E-state index contributed by atoms with van der Waals surface area (Å²) in [5, 5.41) is 5.54. The molecule has 0 unspecified atom stereocenters. The van der Waals surface area contributed by atoms with Gasteiger partial charge in [-0.05, 0) is 60.9 Å². The molecule has 0 heterocycles. The SMILES string of the molecule is C=C(N=CN(C)c1ccc(OC(F)(F)F)cc1)c1cccc(C=NCNC(=O)Nc2c(C)cccc2C)c1. The van der Waals surface area contributed by atoms with Crippen molar-refractivity contribution in [2.75, 3.05) is 23.9 Å². The second-order valence-corrected chi connectivity index (χ2v) is 8.34. The first-order valence-corrected chi connectivity index (χ1v) is 11.5. The van der Waals surface area contributed by atoms with Gasteiger partial charge in [0.2, 0.25) is 0 Å². The molecule has 7 nitrogen and oxygen atoms in total. The predicted molar refractivity (Wildman–Crippen MR) is 146 cm³/mol. The summed E-state index contributed by atoms with van der Waals surface area (Å²) < 4.78 is 40.9. The predicted octanol–water partition coefficient (Wildman–Crippen LogP) is 6.54. The molecule has 0 fully saturated rings. The number of aliphatic imine (C=N–C) groups is 2. The van der Waals surface area contributed by atoms with E-state index < -0.39 is 6.36 Å². The molecule has 3 rings (SSSR count). The summed E-state index contributed by atoms with van der Waals surface area (Å²) in [4.78, 5) is 22.4. The molecule has 0 saturated carbocycles. The second kappa shape index (κ2) is 12.6. The standard InChI is InChI=1S/C28H28F3N5O2/c1-19-7-5-8-20(2)26(19)35-27(37)33-17-32-16-22-9-6-10-23(15-22)21(3)34-18-36(4)24-11-13-25(14-12-24)38-28(29,30)31/h5-16,18H,3,17H2,1-2,4H3,(H2,33,35,37). The number of anilines is 2. The third-order valence-electron chi connectivity index (χ3n) is 5.38. The molecule has 0 aliphatic heterocycles. The van der Waals surface area contributed by atoms with Crippen molar-refractivity contribution in [1.82, 2.24) is 5.32 Å². The number of hydrogen-bond acceptors (Lipinski definition) is 4. The summed E-state index contributed by atoms with van der Waals surface area (Å²) in [5.74, 6) is -0.299. The average Bonchev–Trinajstić information content (AvgIpc) is 2.87. The van der Waals surface area contributed by atoms with E-state index >= 15 is 0 Å². The van der Waals surface area contributed by atoms with Crippen molar-refractivity contribution in [3.8, 4) is 5.75 Å². The van der Waals surface area contributed by atoms with Gasteiger partial charge in [0.25, 0.3) is 0 Å². The smallest absolute Gasteiger partial charge is 0.406 e. The second-order valence-electron chi connectivity index (χ2n) is 8.34. The van der Waals surface area contributed by atoms with Gasteiger partial charge in [0, 0.05) is 30.2 Å². The molecule has 0 aromatic heterocycles. The van der Waals surface area contributed by atoms with Crippen LogP contribution in [0.2, 0.25) is 0 Å². The van der Waals surface area contributed by atoms with Gasteiger partial charge >= 0.3 is 12.4 Å². The highest BCUT2D eigenvalue weighted by atomic mass is 19.4. The number of aryl methyl sites for hydroxylation is 2. The van der Waals surface area contributed by atoms with Gasteiger partial charge in [0.15, 0.2) is 0 Å². The van der Waals surface area contributed by atoms with Gasteiger partial charge in [-0.15, -0.1) is 13.2 Å². The molecule has 2 N–H and O–H groups in total. The van der Waals surface area contributed by atoms with Crippen LogP contribution in [0.4, 0.5) is 29.3 Å². The van der Waals surface area contributed by atoms with Gasteiger partial charge in [0.05, 0.1) is 12.0 Å². The number of urea groups is 1. The van der Waals surface area contributed by atoms with E-state index in [-0.39, 0.29) is 18.4 Å². The number of hydrogen-bond donors (Lipinski definition) is 2. The molecule has 0 aliphatic carbocycles. The minimum atomic E-state index is -4.74. The molecule has 0 saturated heterocycles. The summed E-state index contributed by atoms with van der Waals surface area (Å²) in [6.07, 6.45) is -1.59. The number of ether oxygens (including phenoxy) is 1. The van der Waals surface area contributed by atoms with E-state index in [0.717, 1.165) is 27.9 Å². The molecule has 0 bridgehead atoms. The van der Waals surface area contributed by atoms with Crippen LogP contribution in [0.1, 0.15) is 22.3 Å². The first kappa shape index (κ1) is 28.0. The van der Waals surface area contributed by atoms with E-state index in [1.807, 2.05) is 56.3 Å². The maximum Gasteiger partial charge on any atom is 0.573 e. The third-order valence-corrected chi connectivity index (χ3v) is 5.38. The molecule has 38 heavy (non-hydrogen) atoms. The molecule has 3 aromatic carbocycles. The summed E-state index contributed by atoms with van der Waals surface area (Å²) in [6.45, 7) is 7.93. The summed E-state index contributed by atoms with van der Waals surface area (Å²) in [6, 6.07) is 18.3. The molecular formula is C28H28F3N5O2. The summed E-state index contributed by atoms with van der Waals surface area (Å²) in [5.41, 5.74) is 5.38. The lowest BCUT2D eigenvalue weighted by Crippen LogP contribution is -2.29. The number of benzene rings is 3. The highest BCUT2D eigenvalue weighted by Crippen LogP contribution is 2.25. The van der Waals surface area contributed by atoms with Crippen LogP contribution in [0.15, 0.2) is 83.3 Å². The Morgan fingerprint density at radius 1 is 1.05 bits per heavy atom. The molecule has 2 amide bonds. The first-order valence-electron chi connectivity index (χ1n) is 11.5. The minimum Gasteiger partial charge on any atom is -0.406 e. The van der Waals surface area contributed by atoms with E-state index in [2.05, 4.69) is 31.9 Å². The van der Waals surface area contributed by atoms with Gasteiger partial charge < -0.3 is 20.3 Å². The molecule has 0 aliphatic rings. The molecule has 3 aromatic rings. The number of amides is 2. The lowest BCUT2D eigenvalue weighted by atomic mass is 10.1.